The number of rotatable bonds is 2. The molecule has 0 spiro atoms. The summed E-state index contributed by atoms with van der Waals surface area (Å²) in [5, 5.41) is 2.87. The number of fused-ring (bicyclic) bond motifs is 2. The standard InChI is InChI=1S/C17H17Cl3FNO/c18-13-6-1-8(7-14(13)21)22-16(23)15-9-2-4-11-12(17(11,19)20)5-3-10(9)15/h1,6-7,9-12,15H,2-5H2,(H,22,23)/t9-,10-,11+,12+/m0/s1. The maximum absolute atomic E-state index is 13.5. The van der Waals surface area contributed by atoms with Crippen LogP contribution < -0.4 is 5.32 Å². The van der Waals surface area contributed by atoms with Gasteiger partial charge in [0.2, 0.25) is 5.91 Å². The molecule has 3 fully saturated rings. The topological polar surface area (TPSA) is 29.1 Å². The summed E-state index contributed by atoms with van der Waals surface area (Å²) >= 11 is 18.2. The second-order valence-electron chi connectivity index (χ2n) is 7.01. The first-order chi connectivity index (χ1) is 10.9. The van der Waals surface area contributed by atoms with Gasteiger partial charge in [0.15, 0.2) is 0 Å². The molecule has 0 bridgehead atoms. The van der Waals surface area contributed by atoms with Crippen molar-refractivity contribution in [2.75, 3.05) is 5.32 Å². The van der Waals surface area contributed by atoms with Gasteiger partial charge in [-0.1, -0.05) is 11.6 Å². The Labute approximate surface area is 149 Å². The van der Waals surface area contributed by atoms with E-state index in [2.05, 4.69) is 5.32 Å². The number of alkyl halides is 2. The lowest BCUT2D eigenvalue weighted by Crippen LogP contribution is -2.16. The van der Waals surface area contributed by atoms with E-state index in [4.69, 9.17) is 34.8 Å². The Balaban J connectivity index is 1.38. The van der Waals surface area contributed by atoms with Gasteiger partial charge in [0.1, 0.15) is 10.2 Å². The minimum Gasteiger partial charge on any atom is -0.326 e. The number of hydrogen-bond acceptors (Lipinski definition) is 1. The molecule has 6 heteroatoms. The summed E-state index contributed by atoms with van der Waals surface area (Å²) in [6.07, 6.45) is 4.00. The number of benzene rings is 1. The van der Waals surface area contributed by atoms with E-state index in [-0.39, 0.29) is 16.8 Å². The van der Waals surface area contributed by atoms with Crippen LogP contribution in [0, 0.1) is 35.4 Å². The smallest absolute Gasteiger partial charge is 0.228 e. The van der Waals surface area contributed by atoms with Crippen molar-refractivity contribution < 1.29 is 9.18 Å². The third-order valence-electron chi connectivity index (χ3n) is 5.81. The summed E-state index contributed by atoms with van der Waals surface area (Å²) in [6.45, 7) is 0. The molecule has 0 aliphatic heterocycles. The molecule has 3 saturated carbocycles. The first-order valence-electron chi connectivity index (χ1n) is 8.03. The van der Waals surface area contributed by atoms with E-state index in [1.54, 1.807) is 6.07 Å². The monoisotopic (exact) mass is 375 g/mol. The van der Waals surface area contributed by atoms with E-state index in [9.17, 15) is 9.18 Å². The minimum atomic E-state index is -0.532. The molecule has 3 aliphatic rings. The molecule has 1 N–H and O–H groups in total. The molecule has 0 saturated heterocycles. The van der Waals surface area contributed by atoms with E-state index >= 15 is 0 Å². The second kappa shape index (κ2) is 5.50. The lowest BCUT2D eigenvalue weighted by Gasteiger charge is -2.06. The Kier molecular flexibility index (Phi) is 3.82. The fourth-order valence-corrected chi connectivity index (χ4v) is 5.45. The van der Waals surface area contributed by atoms with Crippen molar-refractivity contribution >= 4 is 46.4 Å². The molecule has 0 aromatic heterocycles. The van der Waals surface area contributed by atoms with Crippen LogP contribution in [0.4, 0.5) is 10.1 Å². The summed E-state index contributed by atoms with van der Waals surface area (Å²) in [4.78, 5) is 12.5. The molecule has 0 unspecified atom stereocenters. The number of nitrogens with one attached hydrogen (secondary N) is 1. The van der Waals surface area contributed by atoms with Gasteiger partial charge in [-0.15, -0.1) is 23.2 Å². The number of carbonyl (C=O) groups is 1. The van der Waals surface area contributed by atoms with Gasteiger partial charge in [-0.2, -0.15) is 0 Å². The van der Waals surface area contributed by atoms with Crippen LogP contribution in [0.3, 0.4) is 0 Å². The van der Waals surface area contributed by atoms with Crippen molar-refractivity contribution in [1.29, 1.82) is 0 Å². The van der Waals surface area contributed by atoms with Gasteiger partial charge in [0.05, 0.1) is 5.02 Å². The van der Waals surface area contributed by atoms with E-state index in [1.165, 1.54) is 12.1 Å². The molecule has 0 heterocycles. The van der Waals surface area contributed by atoms with Gasteiger partial charge in [-0.25, -0.2) is 4.39 Å². The molecule has 4 rings (SSSR count). The molecular formula is C17H17Cl3FNO. The average Bonchev–Trinajstić information content (AvgIpc) is 3.27. The molecule has 3 aliphatic carbocycles. The number of anilines is 1. The Morgan fingerprint density at radius 2 is 1.74 bits per heavy atom. The summed E-state index contributed by atoms with van der Waals surface area (Å²) in [5.74, 6) is 1.11. The molecule has 4 atom stereocenters. The molecule has 1 amide bonds. The van der Waals surface area contributed by atoms with Gasteiger partial charge in [-0.05, 0) is 67.6 Å². The molecule has 1 aromatic rings. The third-order valence-corrected chi connectivity index (χ3v) is 7.24. The molecule has 1 aromatic carbocycles. The maximum Gasteiger partial charge on any atom is 0.228 e. The van der Waals surface area contributed by atoms with E-state index < -0.39 is 10.2 Å². The summed E-state index contributed by atoms with van der Waals surface area (Å²) in [6, 6.07) is 4.34. The van der Waals surface area contributed by atoms with Crippen molar-refractivity contribution in [3.8, 4) is 0 Å². The Morgan fingerprint density at radius 1 is 1.13 bits per heavy atom. The molecule has 23 heavy (non-hydrogen) atoms. The SMILES string of the molecule is O=C(Nc1ccc(Cl)c(F)c1)C1[C@H]2CC[C@@H]3[C@@H](CC[C@H]12)C3(Cl)Cl. The zero-order valence-corrected chi connectivity index (χ0v) is 14.6. The molecule has 124 valence electrons. The van der Waals surface area contributed by atoms with Crippen LogP contribution in [0.25, 0.3) is 0 Å². The Bertz CT molecular complexity index is 643. The Hall–Kier alpha value is -0.510. The van der Waals surface area contributed by atoms with Crippen molar-refractivity contribution in [3.05, 3.63) is 29.0 Å². The average molecular weight is 377 g/mol. The molecular weight excluding hydrogens is 360 g/mol. The highest BCUT2D eigenvalue weighted by Crippen LogP contribution is 2.67. The molecule has 0 radical (unpaired) electrons. The largest absolute Gasteiger partial charge is 0.326 e. The van der Waals surface area contributed by atoms with Crippen molar-refractivity contribution in [2.24, 2.45) is 29.6 Å². The first-order valence-corrected chi connectivity index (χ1v) is 9.16. The zero-order valence-electron chi connectivity index (χ0n) is 12.4. The second-order valence-corrected chi connectivity index (χ2v) is 8.87. The third kappa shape index (κ3) is 2.75. The zero-order chi connectivity index (χ0) is 16.4. The van der Waals surface area contributed by atoms with Crippen LogP contribution in [0.2, 0.25) is 5.02 Å². The summed E-state index contributed by atoms with van der Waals surface area (Å²) < 4.78 is 12.9. The first kappa shape index (κ1) is 16.0. The van der Waals surface area contributed by atoms with E-state index in [0.29, 0.717) is 29.4 Å². The van der Waals surface area contributed by atoms with Crippen LogP contribution in [0.5, 0.6) is 0 Å². The van der Waals surface area contributed by atoms with Gasteiger partial charge < -0.3 is 5.32 Å². The lowest BCUT2D eigenvalue weighted by atomic mass is 10.0. The minimum absolute atomic E-state index is 0.0136. The fourth-order valence-electron chi connectivity index (χ4n) is 4.41. The lowest BCUT2D eigenvalue weighted by molar-refractivity contribution is -0.117. The summed E-state index contributed by atoms with van der Waals surface area (Å²) in [5.41, 5.74) is 0.458. The summed E-state index contributed by atoms with van der Waals surface area (Å²) in [7, 11) is 0. The number of amides is 1. The van der Waals surface area contributed by atoms with E-state index in [0.717, 1.165) is 25.7 Å². The Morgan fingerprint density at radius 3 is 2.30 bits per heavy atom. The highest BCUT2D eigenvalue weighted by molar-refractivity contribution is 6.51. The highest BCUT2D eigenvalue weighted by Gasteiger charge is 2.65. The van der Waals surface area contributed by atoms with Gasteiger partial charge in [0, 0.05) is 11.6 Å². The fraction of sp³-hybridized carbons (Fsp3) is 0.588. The maximum atomic E-state index is 13.5. The van der Waals surface area contributed by atoms with Crippen LogP contribution in [0.1, 0.15) is 25.7 Å². The van der Waals surface area contributed by atoms with E-state index in [1.807, 2.05) is 0 Å². The number of carbonyl (C=O) groups excluding carboxylic acids is 1. The quantitative estimate of drug-likeness (QED) is 0.700. The van der Waals surface area contributed by atoms with Crippen molar-refractivity contribution in [2.45, 2.75) is 30.0 Å². The molecule has 2 nitrogen and oxygen atoms in total. The van der Waals surface area contributed by atoms with Crippen molar-refractivity contribution in [3.63, 3.8) is 0 Å². The van der Waals surface area contributed by atoms with Crippen LogP contribution >= 0.6 is 34.8 Å². The van der Waals surface area contributed by atoms with Gasteiger partial charge in [0.25, 0.3) is 0 Å². The van der Waals surface area contributed by atoms with Gasteiger partial charge in [-0.3, -0.25) is 4.79 Å². The van der Waals surface area contributed by atoms with Crippen molar-refractivity contribution in [1.82, 2.24) is 0 Å². The predicted octanol–water partition coefficient (Wildman–Crippen LogP) is 5.27. The highest BCUT2D eigenvalue weighted by atomic mass is 35.5. The normalized spacial score (nSPS) is 37.0. The number of hydrogen-bond donors (Lipinski definition) is 1. The van der Waals surface area contributed by atoms with Crippen LogP contribution in [-0.2, 0) is 4.79 Å². The van der Waals surface area contributed by atoms with Gasteiger partial charge >= 0.3 is 0 Å². The van der Waals surface area contributed by atoms with Crippen LogP contribution in [-0.4, -0.2) is 10.2 Å². The predicted molar refractivity (Wildman–Crippen MR) is 90.4 cm³/mol. The number of halogens is 4. The van der Waals surface area contributed by atoms with Crippen LogP contribution in [0.15, 0.2) is 18.2 Å².